The number of carbonyl (C=O) groups is 1. The molecular weight excluding hydrogens is 422 g/mol. The number of fused-ring (bicyclic) bond motifs is 1. The Kier molecular flexibility index (Phi) is 6.56. The van der Waals surface area contributed by atoms with Gasteiger partial charge in [-0.05, 0) is 62.4 Å². The van der Waals surface area contributed by atoms with Crippen LogP contribution < -0.4 is 15.6 Å². The minimum atomic E-state index is -0.482. The molecule has 0 aliphatic heterocycles. The third-order valence-corrected chi connectivity index (χ3v) is 5.90. The van der Waals surface area contributed by atoms with Gasteiger partial charge in [0.2, 0.25) is 5.91 Å². The highest BCUT2D eigenvalue weighted by Gasteiger charge is 2.20. The normalized spacial score (nSPS) is 11.8. The first-order chi connectivity index (χ1) is 15.6. The molecule has 7 heteroatoms. The summed E-state index contributed by atoms with van der Waals surface area (Å²) in [7, 11) is 0. The first kappa shape index (κ1) is 21.6. The summed E-state index contributed by atoms with van der Waals surface area (Å²) in [6, 6.07) is 23.8. The zero-order valence-corrected chi connectivity index (χ0v) is 18.6. The molecule has 1 heterocycles. The van der Waals surface area contributed by atoms with Crippen LogP contribution in [0.4, 0.5) is 5.69 Å². The third kappa shape index (κ3) is 4.68. The second-order valence-electron chi connectivity index (χ2n) is 7.09. The van der Waals surface area contributed by atoms with Crippen LogP contribution >= 0.6 is 11.8 Å². The Morgan fingerprint density at radius 1 is 1.03 bits per heavy atom. The molecule has 0 saturated heterocycles. The number of ether oxygens (including phenoxy) is 1. The van der Waals surface area contributed by atoms with Crippen LogP contribution in [-0.4, -0.2) is 27.3 Å². The Bertz CT molecular complexity index is 1290. The van der Waals surface area contributed by atoms with Crippen molar-refractivity contribution < 1.29 is 9.53 Å². The summed E-state index contributed by atoms with van der Waals surface area (Å²) < 4.78 is 7.00. The molecular formula is C25H23N3O3S. The number of amides is 1. The van der Waals surface area contributed by atoms with Crippen molar-refractivity contribution in [2.45, 2.75) is 24.3 Å². The molecule has 0 radical (unpaired) electrons. The predicted molar refractivity (Wildman–Crippen MR) is 129 cm³/mol. The molecule has 4 rings (SSSR count). The fraction of sp³-hybridized carbons (Fsp3) is 0.160. The standard InChI is InChI=1S/C25H23N3O3S/c1-3-31-20-15-13-18(14-16-20)26-23(29)17(2)32-25-27-22-12-8-7-11-21(22)24(30)28(25)19-9-5-4-6-10-19/h4-17H,3H2,1-2H3,(H,26,29). The average Bonchev–Trinajstić information content (AvgIpc) is 2.81. The summed E-state index contributed by atoms with van der Waals surface area (Å²) in [5.41, 5.74) is 1.82. The van der Waals surface area contributed by atoms with Gasteiger partial charge in [0.25, 0.3) is 5.56 Å². The van der Waals surface area contributed by atoms with Crippen LogP contribution in [0.25, 0.3) is 16.6 Å². The monoisotopic (exact) mass is 445 g/mol. The van der Waals surface area contributed by atoms with Crippen molar-refractivity contribution in [2.75, 3.05) is 11.9 Å². The van der Waals surface area contributed by atoms with Crippen molar-refractivity contribution in [1.82, 2.24) is 9.55 Å². The van der Waals surface area contributed by atoms with Crippen LogP contribution in [0.1, 0.15) is 13.8 Å². The fourth-order valence-corrected chi connectivity index (χ4v) is 4.18. The molecule has 1 amide bonds. The lowest BCUT2D eigenvalue weighted by Gasteiger charge is -2.16. The zero-order valence-electron chi connectivity index (χ0n) is 17.8. The van der Waals surface area contributed by atoms with Crippen molar-refractivity contribution in [3.8, 4) is 11.4 Å². The van der Waals surface area contributed by atoms with Gasteiger partial charge >= 0.3 is 0 Å². The van der Waals surface area contributed by atoms with Crippen molar-refractivity contribution in [3.05, 3.63) is 89.2 Å². The number of aromatic nitrogens is 2. The van der Waals surface area contributed by atoms with Gasteiger partial charge in [0.1, 0.15) is 5.75 Å². The molecule has 0 saturated carbocycles. The highest BCUT2D eigenvalue weighted by molar-refractivity contribution is 8.00. The maximum atomic E-state index is 13.3. The number of anilines is 1. The van der Waals surface area contributed by atoms with E-state index in [-0.39, 0.29) is 11.5 Å². The summed E-state index contributed by atoms with van der Waals surface area (Å²) in [5, 5.41) is 3.43. The van der Waals surface area contributed by atoms with E-state index in [9.17, 15) is 9.59 Å². The molecule has 0 aliphatic carbocycles. The fourth-order valence-electron chi connectivity index (χ4n) is 3.25. The van der Waals surface area contributed by atoms with Crippen LogP contribution in [0.2, 0.25) is 0 Å². The van der Waals surface area contributed by atoms with Crippen LogP contribution in [0.3, 0.4) is 0 Å². The van der Waals surface area contributed by atoms with Crippen LogP contribution in [0, 0.1) is 0 Å². The van der Waals surface area contributed by atoms with Crippen molar-refractivity contribution in [1.29, 1.82) is 0 Å². The van der Waals surface area contributed by atoms with E-state index < -0.39 is 5.25 Å². The molecule has 0 spiro atoms. The Morgan fingerprint density at radius 3 is 2.44 bits per heavy atom. The minimum Gasteiger partial charge on any atom is -0.494 e. The first-order valence-electron chi connectivity index (χ1n) is 10.3. The van der Waals surface area contributed by atoms with Crippen LogP contribution in [0.5, 0.6) is 5.75 Å². The van der Waals surface area contributed by atoms with Gasteiger partial charge in [-0.25, -0.2) is 4.98 Å². The Labute approximate surface area is 190 Å². The summed E-state index contributed by atoms with van der Waals surface area (Å²) in [6.45, 7) is 4.30. The molecule has 1 aromatic heterocycles. The molecule has 6 nitrogen and oxygen atoms in total. The Morgan fingerprint density at radius 2 is 1.72 bits per heavy atom. The van der Waals surface area contributed by atoms with Gasteiger partial charge in [-0.15, -0.1) is 0 Å². The topological polar surface area (TPSA) is 73.2 Å². The van der Waals surface area contributed by atoms with Crippen molar-refractivity contribution in [3.63, 3.8) is 0 Å². The van der Waals surface area contributed by atoms with Crippen LogP contribution in [0.15, 0.2) is 88.8 Å². The number of para-hydroxylation sites is 2. The second-order valence-corrected chi connectivity index (χ2v) is 8.40. The summed E-state index contributed by atoms with van der Waals surface area (Å²) in [4.78, 5) is 30.8. The zero-order chi connectivity index (χ0) is 22.5. The van der Waals surface area contributed by atoms with Gasteiger partial charge in [0, 0.05) is 5.69 Å². The number of nitrogens with zero attached hydrogens (tertiary/aromatic N) is 2. The number of benzene rings is 3. The summed E-state index contributed by atoms with van der Waals surface area (Å²) in [6.07, 6.45) is 0. The first-order valence-corrected chi connectivity index (χ1v) is 11.2. The number of rotatable bonds is 7. The van der Waals surface area contributed by atoms with E-state index in [2.05, 4.69) is 5.32 Å². The van der Waals surface area contributed by atoms with Crippen molar-refractivity contribution in [2.24, 2.45) is 0 Å². The summed E-state index contributed by atoms with van der Waals surface area (Å²) in [5.74, 6) is 0.571. The molecule has 1 atom stereocenters. The van der Waals surface area contributed by atoms with E-state index in [1.54, 1.807) is 35.8 Å². The van der Waals surface area contributed by atoms with Crippen molar-refractivity contribution >= 4 is 34.3 Å². The SMILES string of the molecule is CCOc1ccc(NC(=O)C(C)Sc2nc3ccccc3c(=O)n2-c2ccccc2)cc1. The van der Waals surface area contributed by atoms with Gasteiger partial charge in [-0.3, -0.25) is 14.2 Å². The maximum Gasteiger partial charge on any atom is 0.266 e. The van der Waals surface area contributed by atoms with E-state index in [0.717, 1.165) is 5.75 Å². The lowest BCUT2D eigenvalue weighted by molar-refractivity contribution is -0.115. The average molecular weight is 446 g/mol. The predicted octanol–water partition coefficient (Wildman–Crippen LogP) is 4.90. The smallest absolute Gasteiger partial charge is 0.266 e. The molecule has 4 aromatic rings. The highest BCUT2D eigenvalue weighted by atomic mass is 32.2. The van der Waals surface area contributed by atoms with Crippen LogP contribution in [-0.2, 0) is 4.79 Å². The number of carbonyl (C=O) groups excluding carboxylic acids is 1. The van der Waals surface area contributed by atoms with E-state index in [1.165, 1.54) is 11.8 Å². The largest absolute Gasteiger partial charge is 0.494 e. The molecule has 0 fully saturated rings. The van der Waals surface area contributed by atoms with Gasteiger partial charge in [0.05, 0.1) is 28.4 Å². The van der Waals surface area contributed by atoms with E-state index in [1.807, 2.05) is 61.5 Å². The minimum absolute atomic E-state index is 0.163. The van der Waals surface area contributed by atoms with E-state index >= 15 is 0 Å². The summed E-state index contributed by atoms with van der Waals surface area (Å²) >= 11 is 1.25. The molecule has 162 valence electrons. The highest BCUT2D eigenvalue weighted by Crippen LogP contribution is 2.26. The molecule has 3 aromatic carbocycles. The molecule has 1 unspecified atom stereocenters. The number of nitrogens with one attached hydrogen (secondary N) is 1. The molecule has 0 aliphatic rings. The van der Waals surface area contributed by atoms with Gasteiger partial charge < -0.3 is 10.1 Å². The van der Waals surface area contributed by atoms with Gasteiger partial charge in [-0.2, -0.15) is 0 Å². The second kappa shape index (κ2) is 9.70. The van der Waals surface area contributed by atoms with Gasteiger partial charge in [0.15, 0.2) is 5.16 Å². The number of hydrogen-bond acceptors (Lipinski definition) is 5. The lowest BCUT2D eigenvalue weighted by Crippen LogP contribution is -2.26. The van der Waals surface area contributed by atoms with E-state index in [0.29, 0.717) is 34.0 Å². The number of thioether (sulfide) groups is 1. The molecule has 0 bridgehead atoms. The quantitative estimate of drug-likeness (QED) is 0.323. The van der Waals surface area contributed by atoms with E-state index in [4.69, 9.17) is 9.72 Å². The third-order valence-electron chi connectivity index (χ3n) is 4.84. The molecule has 32 heavy (non-hydrogen) atoms. The molecule has 1 N–H and O–H groups in total. The Balaban J connectivity index is 1.62. The lowest BCUT2D eigenvalue weighted by atomic mass is 10.2. The Hall–Kier alpha value is -3.58. The number of hydrogen-bond donors (Lipinski definition) is 1. The van der Waals surface area contributed by atoms with Gasteiger partial charge in [-0.1, -0.05) is 42.1 Å². The maximum absolute atomic E-state index is 13.3.